The third-order valence-corrected chi connectivity index (χ3v) is 6.98. The summed E-state index contributed by atoms with van der Waals surface area (Å²) in [4.78, 5) is 21.7. The van der Waals surface area contributed by atoms with E-state index < -0.39 is 0 Å². The first-order chi connectivity index (χ1) is 14.2. The summed E-state index contributed by atoms with van der Waals surface area (Å²) in [5.74, 6) is 0.633. The lowest BCUT2D eigenvalue weighted by Gasteiger charge is -2.21. The van der Waals surface area contributed by atoms with E-state index in [-0.39, 0.29) is 5.91 Å². The Bertz CT molecular complexity index is 1100. The lowest BCUT2D eigenvalue weighted by atomic mass is 9.88. The molecule has 3 aromatic rings. The van der Waals surface area contributed by atoms with Crippen LogP contribution in [0, 0.1) is 0 Å². The molecular weight excluding hydrogens is 400 g/mol. The van der Waals surface area contributed by atoms with Crippen LogP contribution in [0.2, 0.25) is 0 Å². The molecule has 0 unspecified atom stereocenters. The van der Waals surface area contributed by atoms with Crippen LogP contribution in [-0.2, 0) is 19.4 Å². The first kappa shape index (κ1) is 18.5. The highest BCUT2D eigenvalue weighted by atomic mass is 32.1. The summed E-state index contributed by atoms with van der Waals surface area (Å²) in [7, 11) is 1.61. The summed E-state index contributed by atoms with van der Waals surface area (Å²) in [6.07, 6.45) is 4.37. The van der Waals surface area contributed by atoms with Gasteiger partial charge in [-0.25, -0.2) is 0 Å². The van der Waals surface area contributed by atoms with E-state index in [9.17, 15) is 4.79 Å². The van der Waals surface area contributed by atoms with Gasteiger partial charge in [0, 0.05) is 27.3 Å². The van der Waals surface area contributed by atoms with Gasteiger partial charge < -0.3 is 4.74 Å². The third kappa shape index (κ3) is 3.07. The van der Waals surface area contributed by atoms with Crippen molar-refractivity contribution in [3.05, 3.63) is 69.9 Å². The molecule has 0 saturated heterocycles. The monoisotopic (exact) mass is 420 g/mol. The molecule has 1 aliphatic heterocycles. The lowest BCUT2D eigenvalue weighted by molar-refractivity contribution is 0.0847. The number of rotatable bonds is 3. The van der Waals surface area contributed by atoms with Gasteiger partial charge in [0.05, 0.1) is 19.3 Å². The lowest BCUT2D eigenvalue weighted by Crippen LogP contribution is -2.30. The minimum absolute atomic E-state index is 0.0919. The molecule has 0 fully saturated rings. The largest absolute Gasteiger partial charge is 0.497 e. The van der Waals surface area contributed by atoms with Crippen molar-refractivity contribution in [2.45, 2.75) is 32.2 Å². The molecule has 0 bridgehead atoms. The molecule has 6 heteroatoms. The molecule has 1 aromatic carbocycles. The van der Waals surface area contributed by atoms with Gasteiger partial charge in [-0.05, 0) is 67.0 Å². The first-order valence-electron chi connectivity index (χ1n) is 9.76. The van der Waals surface area contributed by atoms with Gasteiger partial charge in [-0.2, -0.15) is 0 Å². The maximum Gasteiger partial charge on any atom is 0.259 e. The molecule has 4 nitrogen and oxygen atoms in total. The number of carbonyl (C=O) groups excluding carboxylic acids is 1. The molecule has 5 rings (SSSR count). The van der Waals surface area contributed by atoms with E-state index in [0.717, 1.165) is 29.8 Å². The predicted molar refractivity (Wildman–Crippen MR) is 119 cm³/mol. The van der Waals surface area contributed by atoms with E-state index in [0.29, 0.717) is 17.1 Å². The van der Waals surface area contributed by atoms with Crippen LogP contribution < -0.4 is 4.74 Å². The van der Waals surface area contributed by atoms with E-state index in [2.05, 4.69) is 17.5 Å². The zero-order valence-corrected chi connectivity index (χ0v) is 17.7. The maximum atomic E-state index is 13.2. The summed E-state index contributed by atoms with van der Waals surface area (Å²) >= 11 is 7.55. The van der Waals surface area contributed by atoms with Crippen LogP contribution in [0.1, 0.15) is 45.7 Å². The van der Waals surface area contributed by atoms with Crippen molar-refractivity contribution >= 4 is 34.5 Å². The number of pyridine rings is 1. The molecule has 3 heterocycles. The fourth-order valence-corrected chi connectivity index (χ4v) is 5.41. The fraction of sp³-hybridized carbons (Fsp3) is 0.261. The van der Waals surface area contributed by atoms with Crippen molar-refractivity contribution < 1.29 is 9.53 Å². The Kier molecular flexibility index (Phi) is 4.68. The highest BCUT2D eigenvalue weighted by Gasteiger charge is 2.35. The van der Waals surface area contributed by atoms with Gasteiger partial charge in [-0.1, -0.05) is 18.3 Å². The van der Waals surface area contributed by atoms with Gasteiger partial charge in [0.1, 0.15) is 10.7 Å². The third-order valence-electron chi connectivity index (χ3n) is 5.67. The number of aryl methyl sites for hydroxylation is 1. The van der Waals surface area contributed by atoms with Crippen molar-refractivity contribution in [2.75, 3.05) is 7.11 Å². The average molecular weight is 421 g/mol. The van der Waals surface area contributed by atoms with Crippen LogP contribution in [0.4, 0.5) is 0 Å². The number of hydrogen-bond acceptors (Lipinski definition) is 5. The van der Waals surface area contributed by atoms with Crippen molar-refractivity contribution in [3.8, 4) is 16.2 Å². The Morgan fingerprint density at radius 2 is 1.90 bits per heavy atom. The van der Waals surface area contributed by atoms with Gasteiger partial charge in [-0.15, -0.1) is 11.3 Å². The smallest absolute Gasteiger partial charge is 0.259 e. The Morgan fingerprint density at radius 1 is 1.10 bits per heavy atom. The standard InChI is InChI=1S/C23H20N2O2S2/c1-27-15-10-8-14(9-11-15)22(26)25-13-18-21(23(25)28)20(19-7-4-12-29-19)16-5-2-3-6-17(16)24-18/h4,7-12H,2-3,5-6,13H2,1H3. The zero-order valence-electron chi connectivity index (χ0n) is 16.1. The number of methoxy groups -OCH3 is 1. The van der Waals surface area contributed by atoms with E-state index in [1.807, 2.05) is 0 Å². The van der Waals surface area contributed by atoms with Gasteiger partial charge in [-0.3, -0.25) is 14.7 Å². The number of nitrogens with zero attached hydrogens (tertiary/aromatic N) is 2. The highest BCUT2D eigenvalue weighted by molar-refractivity contribution is 7.80. The van der Waals surface area contributed by atoms with Gasteiger partial charge in [0.15, 0.2) is 0 Å². The molecule has 1 amide bonds. The molecule has 146 valence electrons. The summed E-state index contributed by atoms with van der Waals surface area (Å²) in [5.41, 5.74) is 6.21. The van der Waals surface area contributed by atoms with Crippen molar-refractivity contribution in [2.24, 2.45) is 0 Å². The number of aromatic nitrogens is 1. The zero-order chi connectivity index (χ0) is 20.0. The van der Waals surface area contributed by atoms with Crippen LogP contribution in [0.25, 0.3) is 10.4 Å². The summed E-state index contributed by atoms with van der Waals surface area (Å²) in [6, 6.07) is 11.4. The van der Waals surface area contributed by atoms with Crippen molar-refractivity contribution in [1.29, 1.82) is 0 Å². The van der Waals surface area contributed by atoms with Gasteiger partial charge in [0.2, 0.25) is 0 Å². The number of fused-ring (bicyclic) bond motifs is 2. The van der Waals surface area contributed by atoms with Crippen LogP contribution in [0.15, 0.2) is 41.8 Å². The van der Waals surface area contributed by atoms with E-state index >= 15 is 0 Å². The quantitative estimate of drug-likeness (QED) is 0.558. The van der Waals surface area contributed by atoms with Crippen LogP contribution in [0.3, 0.4) is 0 Å². The number of amides is 1. The van der Waals surface area contributed by atoms with Gasteiger partial charge >= 0.3 is 0 Å². The SMILES string of the molecule is COc1ccc(C(=O)N2Cc3nc4c(c(-c5cccs5)c3C2=S)CCCC4)cc1. The number of thiophene rings is 1. The van der Waals surface area contributed by atoms with Crippen LogP contribution in [0.5, 0.6) is 5.75 Å². The van der Waals surface area contributed by atoms with Crippen LogP contribution >= 0.6 is 23.6 Å². The van der Waals surface area contributed by atoms with E-state index in [4.69, 9.17) is 21.9 Å². The van der Waals surface area contributed by atoms with Crippen molar-refractivity contribution in [1.82, 2.24) is 9.88 Å². The van der Waals surface area contributed by atoms with Crippen LogP contribution in [-0.4, -0.2) is 27.9 Å². The summed E-state index contributed by atoms with van der Waals surface area (Å²) in [5, 5.41) is 2.09. The minimum atomic E-state index is -0.0919. The Morgan fingerprint density at radius 3 is 2.62 bits per heavy atom. The highest BCUT2D eigenvalue weighted by Crippen LogP contribution is 2.41. The Labute approximate surface area is 179 Å². The predicted octanol–water partition coefficient (Wildman–Crippen LogP) is 5.03. The number of benzene rings is 1. The second-order valence-corrected chi connectivity index (χ2v) is 8.68. The fourth-order valence-electron chi connectivity index (χ4n) is 4.24. The molecule has 0 N–H and O–H groups in total. The van der Waals surface area contributed by atoms with Crippen molar-refractivity contribution in [3.63, 3.8) is 0 Å². The molecule has 0 radical (unpaired) electrons. The molecule has 2 aliphatic rings. The number of carbonyl (C=O) groups is 1. The molecule has 29 heavy (non-hydrogen) atoms. The topological polar surface area (TPSA) is 42.4 Å². The Hall–Kier alpha value is -2.57. The molecule has 0 atom stereocenters. The number of ether oxygens (including phenoxy) is 1. The molecule has 0 spiro atoms. The first-order valence-corrected chi connectivity index (χ1v) is 11.0. The number of thiocarbonyl (C=S) groups is 1. The molecule has 2 aromatic heterocycles. The normalized spacial score (nSPS) is 15.2. The molecule has 1 aliphatic carbocycles. The maximum absolute atomic E-state index is 13.2. The Balaban J connectivity index is 1.58. The summed E-state index contributed by atoms with van der Waals surface area (Å²) < 4.78 is 5.20. The second kappa shape index (κ2) is 7.35. The number of hydrogen-bond donors (Lipinski definition) is 0. The molecular formula is C23H20N2O2S2. The van der Waals surface area contributed by atoms with Gasteiger partial charge in [0.25, 0.3) is 5.91 Å². The molecule has 0 saturated carbocycles. The van der Waals surface area contributed by atoms with E-state index in [1.165, 1.54) is 34.5 Å². The minimum Gasteiger partial charge on any atom is -0.497 e. The second-order valence-electron chi connectivity index (χ2n) is 7.34. The van der Waals surface area contributed by atoms with E-state index in [1.54, 1.807) is 47.6 Å². The summed E-state index contributed by atoms with van der Waals surface area (Å²) in [6.45, 7) is 0.435. The average Bonchev–Trinajstić information content (AvgIpc) is 3.40.